The molecule has 0 fully saturated rings. The zero-order chi connectivity index (χ0) is 13.2. The van der Waals surface area contributed by atoms with E-state index in [1.54, 1.807) is 0 Å². The summed E-state index contributed by atoms with van der Waals surface area (Å²) in [6, 6.07) is 1.77. The summed E-state index contributed by atoms with van der Waals surface area (Å²) in [5.74, 6) is -1.12. The molecule has 0 radical (unpaired) electrons. The van der Waals surface area contributed by atoms with Crippen molar-refractivity contribution >= 4 is 11.6 Å². The second kappa shape index (κ2) is 5.10. The van der Waals surface area contributed by atoms with E-state index in [9.17, 15) is 17.6 Å². The molecule has 2 atom stereocenters. The quantitative estimate of drug-likeness (QED) is 0.857. The van der Waals surface area contributed by atoms with Crippen LogP contribution >= 0.6 is 11.6 Å². The predicted octanol–water partition coefficient (Wildman–Crippen LogP) is 3.14. The lowest BCUT2D eigenvalue weighted by Crippen LogP contribution is -2.47. The van der Waals surface area contributed by atoms with Gasteiger partial charge in [-0.1, -0.05) is 11.6 Å². The molecule has 0 aliphatic heterocycles. The lowest BCUT2D eigenvalue weighted by molar-refractivity contribution is -0.199. The molecule has 2 N–H and O–H groups in total. The second-order valence-electron chi connectivity index (χ2n) is 3.52. The van der Waals surface area contributed by atoms with E-state index in [0.717, 1.165) is 25.1 Å². The maximum absolute atomic E-state index is 13.0. The highest BCUT2D eigenvalue weighted by atomic mass is 35.5. The van der Waals surface area contributed by atoms with Crippen molar-refractivity contribution < 1.29 is 22.3 Å². The molecule has 0 amide bonds. The third-order valence-electron chi connectivity index (χ3n) is 1.95. The number of rotatable bonds is 3. The molecular weight excluding hydrogens is 262 g/mol. The number of benzene rings is 1. The van der Waals surface area contributed by atoms with E-state index in [1.807, 2.05) is 0 Å². The highest BCUT2D eigenvalue weighted by Crippen LogP contribution is 2.28. The Kier molecular flexibility index (Phi) is 4.21. The number of ether oxygens (including phenoxy) is 1. The van der Waals surface area contributed by atoms with E-state index in [4.69, 9.17) is 17.3 Å². The summed E-state index contributed by atoms with van der Waals surface area (Å²) in [6.45, 7) is 1.16. The second-order valence-corrected chi connectivity index (χ2v) is 3.92. The van der Waals surface area contributed by atoms with Gasteiger partial charge in [0.15, 0.2) is 0 Å². The van der Waals surface area contributed by atoms with Gasteiger partial charge in [0.25, 0.3) is 0 Å². The van der Waals surface area contributed by atoms with Gasteiger partial charge in [-0.3, -0.25) is 0 Å². The molecular formula is C10H10ClF4NO. The van der Waals surface area contributed by atoms with Crippen molar-refractivity contribution in [3.8, 4) is 5.75 Å². The van der Waals surface area contributed by atoms with Crippen LogP contribution in [0.1, 0.15) is 6.92 Å². The van der Waals surface area contributed by atoms with Crippen molar-refractivity contribution in [2.75, 3.05) is 0 Å². The van der Waals surface area contributed by atoms with Crippen LogP contribution in [0, 0.1) is 5.82 Å². The van der Waals surface area contributed by atoms with Gasteiger partial charge in [0.2, 0.25) is 6.10 Å². The van der Waals surface area contributed by atoms with Gasteiger partial charge in [0, 0.05) is 12.1 Å². The first-order valence-electron chi connectivity index (χ1n) is 4.66. The van der Waals surface area contributed by atoms with Crippen molar-refractivity contribution in [1.82, 2.24) is 0 Å². The molecule has 2 nitrogen and oxygen atoms in total. The maximum atomic E-state index is 13.0. The van der Waals surface area contributed by atoms with Crippen LogP contribution in [0.15, 0.2) is 18.2 Å². The summed E-state index contributed by atoms with van der Waals surface area (Å²) in [7, 11) is 0. The van der Waals surface area contributed by atoms with Gasteiger partial charge in [-0.05, 0) is 19.1 Å². The number of hydrogen-bond donors (Lipinski definition) is 1. The van der Waals surface area contributed by atoms with Crippen LogP contribution in [-0.4, -0.2) is 18.3 Å². The first-order chi connectivity index (χ1) is 7.71. The third kappa shape index (κ3) is 3.74. The number of halogens is 5. The largest absolute Gasteiger partial charge is 0.479 e. The van der Waals surface area contributed by atoms with Gasteiger partial charge < -0.3 is 10.5 Å². The minimum Gasteiger partial charge on any atom is -0.479 e. The number of hydrogen-bond acceptors (Lipinski definition) is 2. The Bertz CT molecular complexity index is 394. The van der Waals surface area contributed by atoms with Crippen molar-refractivity contribution in [3.05, 3.63) is 29.0 Å². The van der Waals surface area contributed by atoms with Crippen LogP contribution in [0.5, 0.6) is 5.75 Å². The zero-order valence-corrected chi connectivity index (χ0v) is 9.52. The Balaban J connectivity index is 2.91. The Morgan fingerprint density at radius 2 is 1.94 bits per heavy atom. The van der Waals surface area contributed by atoms with Crippen molar-refractivity contribution in [3.63, 3.8) is 0 Å². The summed E-state index contributed by atoms with van der Waals surface area (Å²) in [5.41, 5.74) is 5.17. The Labute approximate surface area is 100 Å². The molecule has 7 heteroatoms. The SMILES string of the molecule is CC(N)C(Oc1ccc(Cl)c(F)c1)C(F)(F)F. The minimum atomic E-state index is -4.62. The van der Waals surface area contributed by atoms with Crippen molar-refractivity contribution in [1.29, 1.82) is 0 Å². The molecule has 2 unspecified atom stereocenters. The van der Waals surface area contributed by atoms with Gasteiger partial charge in [0.1, 0.15) is 11.6 Å². The Morgan fingerprint density at radius 3 is 2.35 bits per heavy atom. The van der Waals surface area contributed by atoms with Crippen LogP contribution in [0.25, 0.3) is 0 Å². The van der Waals surface area contributed by atoms with E-state index in [-0.39, 0.29) is 10.8 Å². The molecule has 0 bridgehead atoms. The van der Waals surface area contributed by atoms with Crippen LogP contribution in [0.4, 0.5) is 17.6 Å². The Hall–Kier alpha value is -1.01. The van der Waals surface area contributed by atoms with Crippen LogP contribution in [0.3, 0.4) is 0 Å². The lowest BCUT2D eigenvalue weighted by atomic mass is 10.2. The molecule has 1 rings (SSSR count). The van der Waals surface area contributed by atoms with Crippen molar-refractivity contribution in [2.24, 2.45) is 5.73 Å². The fourth-order valence-electron chi connectivity index (χ4n) is 1.17. The molecule has 0 heterocycles. The zero-order valence-electron chi connectivity index (χ0n) is 8.76. The predicted molar refractivity (Wildman–Crippen MR) is 55.5 cm³/mol. The smallest absolute Gasteiger partial charge is 0.426 e. The molecule has 1 aromatic carbocycles. The average molecular weight is 272 g/mol. The molecule has 0 aliphatic carbocycles. The summed E-state index contributed by atoms with van der Waals surface area (Å²) in [5, 5.41) is -0.193. The summed E-state index contributed by atoms with van der Waals surface area (Å²) in [4.78, 5) is 0. The normalized spacial score (nSPS) is 15.5. The summed E-state index contributed by atoms with van der Waals surface area (Å²) >= 11 is 5.39. The first-order valence-corrected chi connectivity index (χ1v) is 5.03. The van der Waals surface area contributed by atoms with Gasteiger partial charge in [0.05, 0.1) is 5.02 Å². The van der Waals surface area contributed by atoms with Crippen LogP contribution in [0.2, 0.25) is 5.02 Å². The Morgan fingerprint density at radius 1 is 1.35 bits per heavy atom. The minimum absolute atomic E-state index is 0.193. The lowest BCUT2D eigenvalue weighted by Gasteiger charge is -2.24. The fraction of sp³-hybridized carbons (Fsp3) is 0.400. The summed E-state index contributed by atoms with van der Waals surface area (Å²) < 4.78 is 55.2. The highest BCUT2D eigenvalue weighted by Gasteiger charge is 2.44. The molecule has 0 aliphatic rings. The van der Waals surface area contributed by atoms with E-state index in [2.05, 4.69) is 4.74 Å². The fourth-order valence-corrected chi connectivity index (χ4v) is 1.29. The van der Waals surface area contributed by atoms with E-state index in [0.29, 0.717) is 0 Å². The molecule has 0 spiro atoms. The van der Waals surface area contributed by atoms with E-state index < -0.39 is 24.1 Å². The molecule has 0 saturated heterocycles. The molecule has 17 heavy (non-hydrogen) atoms. The van der Waals surface area contributed by atoms with E-state index in [1.165, 1.54) is 0 Å². The molecule has 0 aromatic heterocycles. The number of nitrogens with two attached hydrogens (primary N) is 1. The molecule has 1 aromatic rings. The topological polar surface area (TPSA) is 35.2 Å². The first kappa shape index (κ1) is 14.1. The van der Waals surface area contributed by atoms with Crippen LogP contribution < -0.4 is 10.5 Å². The van der Waals surface area contributed by atoms with E-state index >= 15 is 0 Å². The van der Waals surface area contributed by atoms with Gasteiger partial charge in [-0.15, -0.1) is 0 Å². The maximum Gasteiger partial charge on any atom is 0.426 e. The highest BCUT2D eigenvalue weighted by molar-refractivity contribution is 6.30. The van der Waals surface area contributed by atoms with Gasteiger partial charge in [-0.25, -0.2) is 4.39 Å². The van der Waals surface area contributed by atoms with Gasteiger partial charge in [-0.2, -0.15) is 13.2 Å². The van der Waals surface area contributed by atoms with Crippen LogP contribution in [-0.2, 0) is 0 Å². The average Bonchev–Trinajstić information content (AvgIpc) is 2.17. The number of alkyl halides is 3. The third-order valence-corrected chi connectivity index (χ3v) is 2.26. The van der Waals surface area contributed by atoms with Gasteiger partial charge >= 0.3 is 6.18 Å². The standard InChI is InChI=1S/C10H10ClF4NO/c1-5(16)9(10(13,14)15)17-6-2-3-7(11)8(12)4-6/h2-5,9H,16H2,1H3. The van der Waals surface area contributed by atoms with Crippen molar-refractivity contribution in [2.45, 2.75) is 25.2 Å². The summed E-state index contributed by atoms with van der Waals surface area (Å²) in [6.07, 6.45) is -6.81. The molecule has 96 valence electrons. The molecule has 0 saturated carbocycles. The monoisotopic (exact) mass is 271 g/mol.